The van der Waals surface area contributed by atoms with Gasteiger partial charge in [-0.3, -0.25) is 9.59 Å². The molecule has 0 spiro atoms. The second kappa shape index (κ2) is 11.7. The summed E-state index contributed by atoms with van der Waals surface area (Å²) < 4.78 is 0. The largest absolute Gasteiger partial charge is 0.507 e. The molecule has 1 aromatic heterocycles. The number of carbonyl (C=O) groups is 2. The van der Waals surface area contributed by atoms with Crippen LogP contribution in [0, 0.1) is 4.91 Å². The van der Waals surface area contributed by atoms with Crippen molar-refractivity contribution in [2.45, 2.75) is 77.4 Å². The number of ketones is 2. The highest BCUT2D eigenvalue weighted by molar-refractivity contribution is 6.31. The number of carbonyl (C=O) groups excluding carboxylic acids is 2. The maximum Gasteiger partial charge on any atom is 0.180 e. The number of aliphatic hydroxyl groups is 1. The van der Waals surface area contributed by atoms with Crippen LogP contribution in [0.3, 0.4) is 0 Å². The molecule has 1 aliphatic carbocycles. The van der Waals surface area contributed by atoms with Gasteiger partial charge in [-0.05, 0) is 81.3 Å². The minimum atomic E-state index is -1.11. The topological polar surface area (TPSA) is 129 Å². The van der Waals surface area contributed by atoms with Crippen LogP contribution < -0.4 is 5.32 Å². The van der Waals surface area contributed by atoms with Gasteiger partial charge < -0.3 is 15.5 Å². The van der Waals surface area contributed by atoms with E-state index in [0.29, 0.717) is 51.8 Å². The number of hydrogen-bond acceptors (Lipinski definition) is 8. The molecule has 0 bridgehead atoms. The summed E-state index contributed by atoms with van der Waals surface area (Å²) in [5, 5.41) is 30.4. The molecule has 3 N–H and O–H groups in total. The predicted octanol–water partition coefficient (Wildman–Crippen LogP) is 8.61. The molecule has 2 atom stereocenters. The normalized spacial score (nSPS) is 15.7. The van der Waals surface area contributed by atoms with Crippen molar-refractivity contribution in [3.05, 3.63) is 111 Å². The number of nitroso groups, excluding NO2 is 1. The first kappa shape index (κ1) is 32.0. The van der Waals surface area contributed by atoms with Gasteiger partial charge in [0, 0.05) is 21.9 Å². The second-order valence-corrected chi connectivity index (χ2v) is 14.5. The van der Waals surface area contributed by atoms with Crippen LogP contribution in [0.15, 0.2) is 78.0 Å². The Morgan fingerprint density at radius 1 is 0.830 bits per heavy atom. The van der Waals surface area contributed by atoms with E-state index in [0.717, 1.165) is 22.1 Å². The van der Waals surface area contributed by atoms with Crippen molar-refractivity contribution in [2.24, 2.45) is 5.18 Å². The van der Waals surface area contributed by atoms with E-state index in [1.165, 1.54) is 0 Å². The maximum absolute atomic E-state index is 13.6. The molecule has 8 heteroatoms. The number of aromatic hydroxyl groups is 1. The number of hydrogen-bond donors (Lipinski definition) is 3. The highest BCUT2D eigenvalue weighted by Crippen LogP contribution is 2.41. The summed E-state index contributed by atoms with van der Waals surface area (Å²) in [5.41, 5.74) is 4.47. The highest BCUT2D eigenvalue weighted by Gasteiger charge is 2.41. The summed E-state index contributed by atoms with van der Waals surface area (Å²) in [4.78, 5) is 43.4. The zero-order valence-corrected chi connectivity index (χ0v) is 27.5. The molecule has 0 saturated carbocycles. The minimum Gasteiger partial charge on any atom is -0.507 e. The smallest absolute Gasteiger partial charge is 0.180 e. The SMILES string of the molecule is CC(C)(C)c1cc(CCC(O)Nc2cccc3ccc(C4C(=O)c5cc6cccc(N=O)c6cc5C4=O)nc23)cc(C(C)(C)C)c1O. The van der Waals surface area contributed by atoms with Crippen molar-refractivity contribution in [3.63, 3.8) is 0 Å². The standard InChI is InChI=1S/C39H39N3O5/c1-38(2,3)27-17-21(18-28(37(27)46)39(4,5)6)13-16-32(43)40-31-12-7-9-22-14-15-30(41-34(22)31)33-35(44)25-19-23-10-8-11-29(42-47)24(23)20-26(25)36(33)45/h7-12,14-15,17-20,32-33,40,43,46H,13,16H2,1-6H3. The number of pyridine rings is 1. The first-order valence-electron chi connectivity index (χ1n) is 15.9. The molecule has 0 aliphatic heterocycles. The van der Waals surface area contributed by atoms with Crippen molar-refractivity contribution in [2.75, 3.05) is 5.32 Å². The van der Waals surface area contributed by atoms with Gasteiger partial charge in [0.25, 0.3) is 0 Å². The maximum atomic E-state index is 13.6. The first-order chi connectivity index (χ1) is 22.2. The number of para-hydroxylation sites is 1. The second-order valence-electron chi connectivity index (χ2n) is 14.5. The number of benzene rings is 4. The molecule has 240 valence electrons. The molecule has 2 unspecified atom stereocenters. The number of nitrogens with zero attached hydrogens (tertiary/aromatic N) is 2. The molecule has 0 saturated heterocycles. The van der Waals surface area contributed by atoms with E-state index in [1.54, 1.807) is 36.4 Å². The number of Topliss-reactive ketones (excluding diaryl/α,β-unsaturated/α-hetero) is 2. The Kier molecular flexibility index (Phi) is 7.96. The third-order valence-corrected chi connectivity index (χ3v) is 9.00. The fraction of sp³-hybridized carbons (Fsp3) is 0.308. The number of aryl methyl sites for hydroxylation is 1. The molecule has 47 heavy (non-hydrogen) atoms. The summed E-state index contributed by atoms with van der Waals surface area (Å²) >= 11 is 0. The molecule has 1 aliphatic rings. The van der Waals surface area contributed by atoms with Gasteiger partial charge in [-0.2, -0.15) is 0 Å². The van der Waals surface area contributed by atoms with Crippen LogP contribution >= 0.6 is 0 Å². The van der Waals surface area contributed by atoms with Gasteiger partial charge in [-0.1, -0.05) is 84.0 Å². The molecule has 8 nitrogen and oxygen atoms in total. The lowest BCUT2D eigenvalue weighted by Crippen LogP contribution is -2.21. The molecular formula is C39H39N3O5. The zero-order valence-electron chi connectivity index (χ0n) is 27.5. The Bertz CT molecular complexity index is 2050. The van der Waals surface area contributed by atoms with E-state index in [4.69, 9.17) is 4.98 Å². The van der Waals surface area contributed by atoms with Crippen LogP contribution in [-0.4, -0.2) is 33.0 Å². The molecule has 0 fully saturated rings. The number of aromatic nitrogens is 1. The number of anilines is 1. The van der Waals surface area contributed by atoms with Gasteiger partial charge in [-0.25, -0.2) is 4.98 Å². The number of phenolic OH excluding ortho intramolecular Hbond substituents is 1. The quantitative estimate of drug-likeness (QED) is 0.0934. The number of aliphatic hydroxyl groups excluding tert-OH is 1. The minimum absolute atomic E-state index is 0.210. The third-order valence-electron chi connectivity index (χ3n) is 9.00. The van der Waals surface area contributed by atoms with Crippen molar-refractivity contribution in [1.82, 2.24) is 4.98 Å². The number of nitrogens with one attached hydrogen (secondary N) is 1. The molecule has 0 radical (unpaired) electrons. The van der Waals surface area contributed by atoms with E-state index in [9.17, 15) is 24.7 Å². The number of phenols is 1. The molecule has 0 amide bonds. The van der Waals surface area contributed by atoms with Crippen LogP contribution in [-0.2, 0) is 17.3 Å². The summed E-state index contributed by atoms with van der Waals surface area (Å²) in [6.07, 6.45) is 0.0556. The Hall–Kier alpha value is -4.95. The summed E-state index contributed by atoms with van der Waals surface area (Å²) in [6.45, 7) is 12.4. The lowest BCUT2D eigenvalue weighted by atomic mass is 9.78. The van der Waals surface area contributed by atoms with Crippen molar-refractivity contribution in [1.29, 1.82) is 0 Å². The van der Waals surface area contributed by atoms with E-state index < -0.39 is 12.1 Å². The fourth-order valence-corrected chi connectivity index (χ4v) is 6.47. The summed E-state index contributed by atoms with van der Waals surface area (Å²) in [5.74, 6) is -1.50. The van der Waals surface area contributed by atoms with Gasteiger partial charge in [0.1, 0.15) is 23.6 Å². The Morgan fingerprint density at radius 3 is 2.09 bits per heavy atom. The fourth-order valence-electron chi connectivity index (χ4n) is 6.47. The van der Waals surface area contributed by atoms with Gasteiger partial charge in [0.05, 0.1) is 16.9 Å². The van der Waals surface area contributed by atoms with E-state index >= 15 is 0 Å². The monoisotopic (exact) mass is 629 g/mol. The van der Waals surface area contributed by atoms with E-state index in [2.05, 4.69) is 52.0 Å². The number of fused-ring (bicyclic) bond motifs is 3. The molecule has 6 rings (SSSR count). The van der Waals surface area contributed by atoms with Crippen LogP contribution in [0.2, 0.25) is 0 Å². The first-order valence-corrected chi connectivity index (χ1v) is 15.9. The summed E-state index contributed by atoms with van der Waals surface area (Å²) in [6, 6.07) is 21.4. The van der Waals surface area contributed by atoms with Gasteiger partial charge in [0.15, 0.2) is 11.6 Å². The van der Waals surface area contributed by atoms with Crippen LogP contribution in [0.5, 0.6) is 5.75 Å². The lowest BCUT2D eigenvalue weighted by Gasteiger charge is -2.28. The van der Waals surface area contributed by atoms with Crippen LogP contribution in [0.1, 0.15) is 97.0 Å². The molecule has 5 aromatic rings. The van der Waals surface area contributed by atoms with Crippen molar-refractivity contribution in [3.8, 4) is 5.75 Å². The van der Waals surface area contributed by atoms with Gasteiger partial charge >= 0.3 is 0 Å². The highest BCUT2D eigenvalue weighted by atomic mass is 16.3. The molecular weight excluding hydrogens is 590 g/mol. The van der Waals surface area contributed by atoms with Crippen LogP contribution in [0.25, 0.3) is 21.7 Å². The Balaban J connectivity index is 1.27. The number of rotatable bonds is 7. The van der Waals surface area contributed by atoms with Crippen LogP contribution in [0.4, 0.5) is 11.4 Å². The average Bonchev–Trinajstić information content (AvgIpc) is 3.26. The third kappa shape index (κ3) is 5.89. The molecule has 1 heterocycles. The molecule has 4 aromatic carbocycles. The average molecular weight is 630 g/mol. The van der Waals surface area contributed by atoms with Crippen molar-refractivity contribution < 1.29 is 19.8 Å². The summed E-state index contributed by atoms with van der Waals surface area (Å²) in [7, 11) is 0. The Morgan fingerprint density at radius 2 is 1.45 bits per heavy atom. The van der Waals surface area contributed by atoms with Gasteiger partial charge in [-0.15, -0.1) is 4.91 Å². The Labute approximate surface area is 273 Å². The van der Waals surface area contributed by atoms with Crippen molar-refractivity contribution >= 4 is 44.6 Å². The van der Waals surface area contributed by atoms with Gasteiger partial charge in [0.2, 0.25) is 0 Å². The van der Waals surface area contributed by atoms with E-state index in [-0.39, 0.29) is 33.6 Å². The zero-order chi connectivity index (χ0) is 33.8. The predicted molar refractivity (Wildman–Crippen MR) is 186 cm³/mol. The lowest BCUT2D eigenvalue weighted by molar-refractivity contribution is 0.0888. The van der Waals surface area contributed by atoms with E-state index in [1.807, 2.05) is 36.4 Å².